The van der Waals surface area contributed by atoms with E-state index in [1.54, 1.807) is 0 Å². The number of carbonyl (C=O) groups is 1. The van der Waals surface area contributed by atoms with Crippen molar-refractivity contribution >= 4 is 29.6 Å². The standard InChI is InChI=1S/C12H14N2O2S/c1-8-14-10-6-9(2-3-11(10)16-8)7-13-12(15)4-5-17/h2-3,6,17H,4-5,7H2,1H3,(H,13,15). The molecule has 5 heteroatoms. The Morgan fingerprint density at radius 3 is 3.12 bits per heavy atom. The van der Waals surface area contributed by atoms with Gasteiger partial charge in [-0.3, -0.25) is 4.79 Å². The molecule has 0 radical (unpaired) electrons. The predicted octanol–water partition coefficient (Wildman–Crippen LogP) is 2.07. The number of nitrogens with one attached hydrogen (secondary N) is 1. The predicted molar refractivity (Wildman–Crippen MR) is 69.1 cm³/mol. The number of oxazole rings is 1. The normalized spacial score (nSPS) is 10.7. The average molecular weight is 250 g/mol. The summed E-state index contributed by atoms with van der Waals surface area (Å²) in [6, 6.07) is 5.72. The highest BCUT2D eigenvalue weighted by atomic mass is 32.1. The van der Waals surface area contributed by atoms with E-state index < -0.39 is 0 Å². The van der Waals surface area contributed by atoms with Gasteiger partial charge in [-0.05, 0) is 23.4 Å². The Balaban J connectivity index is 2.06. The highest BCUT2D eigenvalue weighted by molar-refractivity contribution is 7.80. The van der Waals surface area contributed by atoms with Gasteiger partial charge in [0.05, 0.1) is 0 Å². The van der Waals surface area contributed by atoms with E-state index in [9.17, 15) is 4.79 Å². The van der Waals surface area contributed by atoms with Crippen LogP contribution in [0.3, 0.4) is 0 Å². The molecule has 2 aromatic rings. The molecule has 1 aromatic heterocycles. The molecule has 0 aliphatic heterocycles. The topological polar surface area (TPSA) is 55.1 Å². The fourth-order valence-electron chi connectivity index (χ4n) is 1.59. The van der Waals surface area contributed by atoms with E-state index in [0.29, 0.717) is 24.6 Å². The zero-order valence-corrected chi connectivity index (χ0v) is 10.5. The molecular formula is C12H14N2O2S. The van der Waals surface area contributed by atoms with Crippen LogP contribution in [0, 0.1) is 6.92 Å². The zero-order valence-electron chi connectivity index (χ0n) is 9.56. The van der Waals surface area contributed by atoms with Gasteiger partial charge < -0.3 is 9.73 Å². The summed E-state index contributed by atoms with van der Waals surface area (Å²) in [6.07, 6.45) is 0.439. The molecule has 0 fully saturated rings. The maximum absolute atomic E-state index is 11.3. The molecule has 1 heterocycles. The van der Waals surface area contributed by atoms with Gasteiger partial charge in [0.1, 0.15) is 5.52 Å². The quantitative estimate of drug-likeness (QED) is 0.817. The Bertz CT molecular complexity index is 536. The summed E-state index contributed by atoms with van der Waals surface area (Å²) in [5.41, 5.74) is 2.61. The number of aryl methyl sites for hydroxylation is 1. The number of aromatic nitrogens is 1. The number of amides is 1. The summed E-state index contributed by atoms with van der Waals surface area (Å²) < 4.78 is 5.38. The molecule has 1 amide bonds. The molecular weight excluding hydrogens is 236 g/mol. The molecule has 2 rings (SSSR count). The minimum absolute atomic E-state index is 0.0106. The molecule has 0 saturated heterocycles. The van der Waals surface area contributed by atoms with Crippen LogP contribution in [0.5, 0.6) is 0 Å². The molecule has 0 aliphatic carbocycles. The van der Waals surface area contributed by atoms with Crippen molar-refractivity contribution < 1.29 is 9.21 Å². The fraction of sp³-hybridized carbons (Fsp3) is 0.333. The number of fused-ring (bicyclic) bond motifs is 1. The van der Waals surface area contributed by atoms with Gasteiger partial charge in [0, 0.05) is 19.9 Å². The summed E-state index contributed by atoms with van der Waals surface area (Å²) in [5, 5.41) is 2.83. The van der Waals surface area contributed by atoms with Gasteiger partial charge in [-0.25, -0.2) is 4.98 Å². The van der Waals surface area contributed by atoms with Gasteiger partial charge in [-0.1, -0.05) is 6.07 Å². The molecule has 4 nitrogen and oxygen atoms in total. The second kappa shape index (κ2) is 5.23. The number of thiol groups is 1. The third-order valence-electron chi connectivity index (χ3n) is 2.39. The first-order valence-electron chi connectivity index (χ1n) is 5.42. The van der Waals surface area contributed by atoms with Crippen LogP contribution in [-0.4, -0.2) is 16.6 Å². The number of hydrogen-bond acceptors (Lipinski definition) is 4. The van der Waals surface area contributed by atoms with Crippen LogP contribution >= 0.6 is 12.6 Å². The lowest BCUT2D eigenvalue weighted by Gasteiger charge is -2.03. The maximum Gasteiger partial charge on any atom is 0.221 e. The van der Waals surface area contributed by atoms with Crippen LogP contribution < -0.4 is 5.32 Å². The van der Waals surface area contributed by atoms with Gasteiger partial charge in [0.15, 0.2) is 11.5 Å². The fourth-order valence-corrected chi connectivity index (χ4v) is 1.79. The number of nitrogens with zero attached hydrogens (tertiary/aromatic N) is 1. The van der Waals surface area contributed by atoms with E-state index in [1.807, 2.05) is 25.1 Å². The highest BCUT2D eigenvalue weighted by Gasteiger charge is 2.04. The smallest absolute Gasteiger partial charge is 0.221 e. The highest BCUT2D eigenvalue weighted by Crippen LogP contribution is 2.16. The van der Waals surface area contributed by atoms with E-state index in [4.69, 9.17) is 4.42 Å². The van der Waals surface area contributed by atoms with Crippen molar-refractivity contribution in [2.45, 2.75) is 19.9 Å². The van der Waals surface area contributed by atoms with Crippen molar-refractivity contribution in [3.05, 3.63) is 29.7 Å². The Morgan fingerprint density at radius 1 is 1.53 bits per heavy atom. The summed E-state index contributed by atoms with van der Waals surface area (Å²) in [4.78, 5) is 15.5. The van der Waals surface area contributed by atoms with Crippen molar-refractivity contribution in [3.8, 4) is 0 Å². The monoisotopic (exact) mass is 250 g/mol. The second-order valence-corrected chi connectivity index (χ2v) is 4.23. The van der Waals surface area contributed by atoms with Crippen LogP contribution in [0.1, 0.15) is 17.9 Å². The molecule has 1 aromatic carbocycles. The molecule has 0 aliphatic rings. The minimum Gasteiger partial charge on any atom is -0.441 e. The number of benzene rings is 1. The SMILES string of the molecule is Cc1nc2cc(CNC(=O)CCS)ccc2o1. The third kappa shape index (κ3) is 3.00. The molecule has 1 N–H and O–H groups in total. The van der Waals surface area contributed by atoms with Crippen LogP contribution in [0.2, 0.25) is 0 Å². The Morgan fingerprint density at radius 2 is 2.35 bits per heavy atom. The van der Waals surface area contributed by atoms with Crippen molar-refractivity contribution in [3.63, 3.8) is 0 Å². The number of hydrogen-bond donors (Lipinski definition) is 2. The van der Waals surface area contributed by atoms with Gasteiger partial charge in [-0.15, -0.1) is 0 Å². The van der Waals surface area contributed by atoms with Gasteiger partial charge >= 0.3 is 0 Å². The first-order chi connectivity index (χ1) is 8.19. The average Bonchev–Trinajstić information content (AvgIpc) is 2.66. The summed E-state index contributed by atoms with van der Waals surface area (Å²) >= 11 is 4.01. The molecule has 90 valence electrons. The van der Waals surface area contributed by atoms with Crippen LogP contribution in [0.4, 0.5) is 0 Å². The minimum atomic E-state index is 0.0106. The van der Waals surface area contributed by atoms with Crippen LogP contribution in [-0.2, 0) is 11.3 Å². The lowest BCUT2D eigenvalue weighted by Crippen LogP contribution is -2.22. The van der Waals surface area contributed by atoms with Gasteiger partial charge in [0.25, 0.3) is 0 Å². The largest absolute Gasteiger partial charge is 0.441 e. The van der Waals surface area contributed by atoms with Gasteiger partial charge in [-0.2, -0.15) is 12.6 Å². The molecule has 0 unspecified atom stereocenters. The van der Waals surface area contributed by atoms with E-state index >= 15 is 0 Å². The number of rotatable bonds is 4. The lowest BCUT2D eigenvalue weighted by atomic mass is 10.2. The van der Waals surface area contributed by atoms with Gasteiger partial charge in [0.2, 0.25) is 5.91 Å². The number of carbonyl (C=O) groups excluding carboxylic acids is 1. The molecule has 0 spiro atoms. The van der Waals surface area contributed by atoms with Crippen LogP contribution in [0.25, 0.3) is 11.1 Å². The Hall–Kier alpha value is -1.49. The first kappa shape index (κ1) is 12.0. The maximum atomic E-state index is 11.3. The molecule has 0 bridgehead atoms. The van der Waals surface area contributed by atoms with E-state index in [2.05, 4.69) is 22.9 Å². The van der Waals surface area contributed by atoms with Crippen molar-refractivity contribution in [2.75, 3.05) is 5.75 Å². The lowest BCUT2D eigenvalue weighted by molar-refractivity contribution is -0.120. The molecule has 17 heavy (non-hydrogen) atoms. The summed E-state index contributed by atoms with van der Waals surface area (Å²) in [5.74, 6) is 1.22. The van der Waals surface area contributed by atoms with Crippen molar-refractivity contribution in [1.82, 2.24) is 10.3 Å². The van der Waals surface area contributed by atoms with Crippen molar-refractivity contribution in [2.24, 2.45) is 0 Å². The summed E-state index contributed by atoms with van der Waals surface area (Å²) in [7, 11) is 0. The third-order valence-corrected chi connectivity index (χ3v) is 2.61. The van der Waals surface area contributed by atoms with Crippen LogP contribution in [0.15, 0.2) is 22.6 Å². The molecule has 0 saturated carbocycles. The Labute approximate surface area is 105 Å². The first-order valence-corrected chi connectivity index (χ1v) is 6.06. The zero-order chi connectivity index (χ0) is 12.3. The van der Waals surface area contributed by atoms with E-state index in [-0.39, 0.29) is 5.91 Å². The molecule has 0 atom stereocenters. The Kier molecular flexibility index (Phi) is 3.68. The van der Waals surface area contributed by atoms with E-state index in [1.165, 1.54) is 0 Å². The van der Waals surface area contributed by atoms with Crippen molar-refractivity contribution in [1.29, 1.82) is 0 Å². The summed E-state index contributed by atoms with van der Waals surface area (Å²) in [6.45, 7) is 2.32. The van der Waals surface area contributed by atoms with E-state index in [0.717, 1.165) is 16.7 Å². The second-order valence-electron chi connectivity index (χ2n) is 3.79.